The number of rotatable bonds is 8. The third-order valence-corrected chi connectivity index (χ3v) is 4.19. The Balaban J connectivity index is 1.61. The van der Waals surface area contributed by atoms with E-state index >= 15 is 0 Å². The Morgan fingerprint density at radius 2 is 1.93 bits per heavy atom. The molecule has 3 aromatic rings. The van der Waals surface area contributed by atoms with Crippen LogP contribution in [0.4, 0.5) is 0 Å². The summed E-state index contributed by atoms with van der Waals surface area (Å²) in [6.45, 7) is 3.68. The molecule has 0 aliphatic carbocycles. The lowest BCUT2D eigenvalue weighted by Crippen LogP contribution is -2.42. The molecule has 0 spiro atoms. The van der Waals surface area contributed by atoms with Crippen molar-refractivity contribution in [1.29, 1.82) is 0 Å². The van der Waals surface area contributed by atoms with E-state index in [1.807, 2.05) is 13.8 Å². The number of carbonyl (C=O) groups excluding carboxylic acids is 2. The van der Waals surface area contributed by atoms with Crippen molar-refractivity contribution in [3.05, 3.63) is 59.1 Å². The van der Waals surface area contributed by atoms with Crippen LogP contribution < -0.4 is 5.32 Å². The van der Waals surface area contributed by atoms with Gasteiger partial charge in [-0.15, -0.1) is 10.2 Å². The number of nitrogens with one attached hydrogen (secondary N) is 1. The molecule has 0 aliphatic heterocycles. The number of benzene rings is 1. The van der Waals surface area contributed by atoms with Crippen molar-refractivity contribution >= 4 is 23.5 Å². The summed E-state index contributed by atoms with van der Waals surface area (Å²) in [5.74, 6) is -0.0798. The average Bonchev–Trinajstić information content (AvgIpc) is 3.37. The summed E-state index contributed by atoms with van der Waals surface area (Å²) in [5, 5.41) is 10.9. The van der Waals surface area contributed by atoms with Gasteiger partial charge in [-0.2, -0.15) is 0 Å². The molecule has 0 aliphatic rings. The summed E-state index contributed by atoms with van der Waals surface area (Å²) >= 11 is 5.84. The van der Waals surface area contributed by atoms with E-state index in [0.717, 1.165) is 0 Å². The highest BCUT2D eigenvalue weighted by Gasteiger charge is 2.25. The lowest BCUT2D eigenvalue weighted by molar-refractivity contribution is -0.148. The molecule has 2 heterocycles. The Morgan fingerprint density at radius 3 is 2.59 bits per heavy atom. The summed E-state index contributed by atoms with van der Waals surface area (Å²) in [5.41, 5.74) is 0.399. The number of ether oxygens (including phenoxy) is 1. The number of furan rings is 1. The second-order valence-corrected chi connectivity index (χ2v) is 7.18. The van der Waals surface area contributed by atoms with Crippen LogP contribution in [-0.4, -0.2) is 28.1 Å². The normalized spacial score (nSPS) is 12.0. The van der Waals surface area contributed by atoms with Gasteiger partial charge in [0.05, 0.1) is 6.26 Å². The number of hydrogen-bond acceptors (Lipinski definition) is 7. The number of aromatic nitrogens is 2. The Kier molecular flexibility index (Phi) is 6.66. The SMILES string of the molecule is CC(C)C[C@H](NC(=O)c1ccc(Cl)cc1)C(=O)OCc1nnc(-c2ccco2)o1. The molecular formula is C20H20ClN3O5. The van der Waals surface area contributed by atoms with Crippen molar-refractivity contribution in [2.24, 2.45) is 5.92 Å². The van der Waals surface area contributed by atoms with Gasteiger partial charge in [-0.05, 0) is 48.7 Å². The Bertz CT molecular complexity index is 951. The van der Waals surface area contributed by atoms with Gasteiger partial charge in [-0.25, -0.2) is 4.79 Å². The molecule has 1 aromatic carbocycles. The number of halogens is 1. The Hall–Kier alpha value is -3.13. The molecule has 0 unspecified atom stereocenters. The monoisotopic (exact) mass is 417 g/mol. The number of hydrogen-bond donors (Lipinski definition) is 1. The van der Waals surface area contributed by atoms with Crippen LogP contribution in [0.2, 0.25) is 5.02 Å². The minimum atomic E-state index is -0.814. The van der Waals surface area contributed by atoms with Gasteiger partial charge in [0, 0.05) is 10.6 Å². The molecule has 2 aromatic heterocycles. The molecule has 152 valence electrons. The zero-order valence-electron chi connectivity index (χ0n) is 15.9. The molecule has 1 atom stereocenters. The highest BCUT2D eigenvalue weighted by atomic mass is 35.5. The van der Waals surface area contributed by atoms with Crippen LogP contribution in [0, 0.1) is 5.92 Å². The maximum absolute atomic E-state index is 12.5. The van der Waals surface area contributed by atoms with Gasteiger partial charge in [0.1, 0.15) is 6.04 Å². The van der Waals surface area contributed by atoms with Crippen molar-refractivity contribution < 1.29 is 23.2 Å². The van der Waals surface area contributed by atoms with E-state index in [9.17, 15) is 9.59 Å². The number of nitrogens with zero attached hydrogens (tertiary/aromatic N) is 2. The zero-order chi connectivity index (χ0) is 20.8. The largest absolute Gasteiger partial charge is 0.459 e. The van der Waals surface area contributed by atoms with Crippen LogP contribution in [0.3, 0.4) is 0 Å². The molecule has 3 rings (SSSR count). The van der Waals surface area contributed by atoms with Gasteiger partial charge in [0.25, 0.3) is 17.7 Å². The van der Waals surface area contributed by atoms with Crippen molar-refractivity contribution in [1.82, 2.24) is 15.5 Å². The zero-order valence-corrected chi connectivity index (χ0v) is 16.7. The minimum Gasteiger partial charge on any atom is -0.459 e. The number of esters is 1. The first-order chi connectivity index (χ1) is 13.9. The predicted molar refractivity (Wildman–Crippen MR) is 104 cm³/mol. The van der Waals surface area contributed by atoms with E-state index in [2.05, 4.69) is 15.5 Å². The standard InChI is InChI=1S/C20H20ClN3O5/c1-12(2)10-15(22-18(25)13-5-7-14(21)8-6-13)20(26)28-11-17-23-24-19(29-17)16-4-3-9-27-16/h3-9,12,15H,10-11H2,1-2H3,(H,22,25)/t15-/m0/s1. The topological polar surface area (TPSA) is 107 Å². The van der Waals surface area contributed by atoms with Gasteiger partial charge in [-0.1, -0.05) is 25.4 Å². The smallest absolute Gasteiger partial charge is 0.329 e. The van der Waals surface area contributed by atoms with Crippen LogP contribution in [0.5, 0.6) is 0 Å². The van der Waals surface area contributed by atoms with Crippen LogP contribution in [0.25, 0.3) is 11.7 Å². The number of amides is 1. The van der Waals surface area contributed by atoms with Gasteiger partial charge in [0.2, 0.25) is 0 Å². The molecule has 0 saturated heterocycles. The van der Waals surface area contributed by atoms with E-state index in [4.69, 9.17) is 25.2 Å². The van der Waals surface area contributed by atoms with Crippen molar-refractivity contribution in [3.8, 4) is 11.7 Å². The second-order valence-electron chi connectivity index (χ2n) is 6.75. The first-order valence-electron chi connectivity index (χ1n) is 9.01. The Labute approximate surface area is 172 Å². The predicted octanol–water partition coefficient (Wildman–Crippen LogP) is 3.87. The summed E-state index contributed by atoms with van der Waals surface area (Å²) in [4.78, 5) is 25.0. The molecule has 0 bridgehead atoms. The summed E-state index contributed by atoms with van der Waals surface area (Å²) in [7, 11) is 0. The highest BCUT2D eigenvalue weighted by molar-refractivity contribution is 6.30. The fraction of sp³-hybridized carbons (Fsp3) is 0.300. The molecule has 0 fully saturated rings. The lowest BCUT2D eigenvalue weighted by Gasteiger charge is -2.19. The van der Waals surface area contributed by atoms with Crippen molar-refractivity contribution in [3.63, 3.8) is 0 Å². The minimum absolute atomic E-state index is 0.122. The molecule has 1 amide bonds. The average molecular weight is 418 g/mol. The van der Waals surface area contributed by atoms with E-state index < -0.39 is 12.0 Å². The molecule has 29 heavy (non-hydrogen) atoms. The van der Waals surface area contributed by atoms with E-state index in [0.29, 0.717) is 22.8 Å². The third kappa shape index (κ3) is 5.68. The van der Waals surface area contributed by atoms with Gasteiger partial charge < -0.3 is 18.9 Å². The fourth-order valence-corrected chi connectivity index (χ4v) is 2.70. The molecule has 9 heteroatoms. The van der Waals surface area contributed by atoms with E-state index in [1.165, 1.54) is 6.26 Å². The first kappa shape index (κ1) is 20.6. The molecular weight excluding hydrogens is 398 g/mol. The molecule has 8 nitrogen and oxygen atoms in total. The lowest BCUT2D eigenvalue weighted by atomic mass is 10.0. The first-order valence-corrected chi connectivity index (χ1v) is 9.39. The number of carbonyl (C=O) groups is 2. The van der Waals surface area contributed by atoms with Gasteiger partial charge in [-0.3, -0.25) is 4.79 Å². The van der Waals surface area contributed by atoms with Crippen LogP contribution in [0.15, 0.2) is 51.5 Å². The molecule has 0 radical (unpaired) electrons. The van der Waals surface area contributed by atoms with Crippen LogP contribution in [-0.2, 0) is 16.1 Å². The van der Waals surface area contributed by atoms with Gasteiger partial charge >= 0.3 is 5.97 Å². The summed E-state index contributed by atoms with van der Waals surface area (Å²) < 4.78 is 15.9. The van der Waals surface area contributed by atoms with E-state index in [1.54, 1.807) is 36.4 Å². The van der Waals surface area contributed by atoms with Crippen molar-refractivity contribution in [2.75, 3.05) is 0 Å². The van der Waals surface area contributed by atoms with Gasteiger partial charge in [0.15, 0.2) is 12.4 Å². The Morgan fingerprint density at radius 1 is 1.17 bits per heavy atom. The van der Waals surface area contributed by atoms with Crippen molar-refractivity contribution in [2.45, 2.75) is 32.9 Å². The van der Waals surface area contributed by atoms with E-state index in [-0.39, 0.29) is 30.2 Å². The molecule has 1 N–H and O–H groups in total. The summed E-state index contributed by atoms with van der Waals surface area (Å²) in [6.07, 6.45) is 1.90. The summed E-state index contributed by atoms with van der Waals surface area (Å²) in [6, 6.07) is 8.95. The maximum Gasteiger partial charge on any atom is 0.329 e. The second kappa shape index (κ2) is 9.38. The quantitative estimate of drug-likeness (QED) is 0.554. The van der Waals surface area contributed by atoms with Crippen LogP contribution >= 0.6 is 11.6 Å². The fourth-order valence-electron chi connectivity index (χ4n) is 2.57. The third-order valence-electron chi connectivity index (χ3n) is 3.94. The van der Waals surface area contributed by atoms with Crippen LogP contribution in [0.1, 0.15) is 36.5 Å². The highest BCUT2D eigenvalue weighted by Crippen LogP contribution is 2.18. The maximum atomic E-state index is 12.5. The molecule has 0 saturated carbocycles.